The topological polar surface area (TPSA) is 67.4 Å². The monoisotopic (exact) mass is 408 g/mol. The largest absolute Gasteiger partial charge is 0.457 e. The predicted molar refractivity (Wildman–Crippen MR) is 122 cm³/mol. The lowest BCUT2D eigenvalue weighted by atomic mass is 10.2. The fraction of sp³-hybridized carbons (Fsp3) is 0. The van der Waals surface area contributed by atoms with Crippen molar-refractivity contribution < 1.29 is 14.3 Å². The van der Waals surface area contributed by atoms with Gasteiger partial charge in [0.2, 0.25) is 0 Å². The summed E-state index contributed by atoms with van der Waals surface area (Å²) in [6.45, 7) is 0. The molecule has 5 nitrogen and oxygen atoms in total. The van der Waals surface area contributed by atoms with Crippen LogP contribution in [0.4, 0.5) is 11.4 Å². The lowest BCUT2D eigenvalue weighted by Gasteiger charge is -2.09. The molecule has 0 bridgehead atoms. The summed E-state index contributed by atoms with van der Waals surface area (Å²) in [4.78, 5) is 24.7. The Morgan fingerprint density at radius 3 is 1.19 bits per heavy atom. The Morgan fingerprint density at radius 2 is 0.839 bits per heavy atom. The number of carbonyl (C=O) groups excluding carboxylic acids is 2. The number of rotatable bonds is 6. The SMILES string of the molecule is O=C(Nc1ccccc1)c1ccc(Oc2ccc(C(=O)Nc3ccccc3)cc2)cc1. The molecule has 0 saturated heterocycles. The van der Waals surface area contributed by atoms with Gasteiger partial charge in [-0.05, 0) is 72.8 Å². The number of amides is 2. The van der Waals surface area contributed by atoms with Crippen molar-refractivity contribution in [3.63, 3.8) is 0 Å². The summed E-state index contributed by atoms with van der Waals surface area (Å²) in [6.07, 6.45) is 0. The Kier molecular flexibility index (Phi) is 6.05. The Bertz CT molecular complexity index is 1060. The van der Waals surface area contributed by atoms with E-state index in [1.165, 1.54) is 0 Å². The molecule has 0 saturated carbocycles. The molecule has 4 aromatic rings. The van der Waals surface area contributed by atoms with Crippen LogP contribution in [0.1, 0.15) is 20.7 Å². The molecule has 2 N–H and O–H groups in total. The van der Waals surface area contributed by atoms with Gasteiger partial charge < -0.3 is 15.4 Å². The highest BCUT2D eigenvalue weighted by Crippen LogP contribution is 2.23. The van der Waals surface area contributed by atoms with Gasteiger partial charge in [-0.15, -0.1) is 0 Å². The van der Waals surface area contributed by atoms with Crippen LogP contribution in [-0.4, -0.2) is 11.8 Å². The van der Waals surface area contributed by atoms with E-state index in [0.29, 0.717) is 22.6 Å². The van der Waals surface area contributed by atoms with E-state index < -0.39 is 0 Å². The summed E-state index contributed by atoms with van der Waals surface area (Å²) in [6, 6.07) is 32.3. The van der Waals surface area contributed by atoms with Crippen molar-refractivity contribution in [3.05, 3.63) is 120 Å². The number of nitrogens with one attached hydrogen (secondary N) is 2. The van der Waals surface area contributed by atoms with Crippen LogP contribution in [0.2, 0.25) is 0 Å². The molecule has 4 aromatic carbocycles. The minimum absolute atomic E-state index is 0.188. The van der Waals surface area contributed by atoms with Crippen LogP contribution < -0.4 is 15.4 Å². The molecule has 0 aromatic heterocycles. The molecule has 0 aliphatic heterocycles. The van der Waals surface area contributed by atoms with Gasteiger partial charge in [-0.25, -0.2) is 0 Å². The number of hydrogen-bond acceptors (Lipinski definition) is 3. The van der Waals surface area contributed by atoms with Crippen LogP contribution in [-0.2, 0) is 0 Å². The molecule has 0 radical (unpaired) electrons. The minimum atomic E-state index is -0.188. The van der Waals surface area contributed by atoms with Gasteiger partial charge >= 0.3 is 0 Å². The molecule has 0 unspecified atom stereocenters. The molecule has 0 heterocycles. The number of para-hydroxylation sites is 2. The Labute approximate surface area is 180 Å². The summed E-state index contributed by atoms with van der Waals surface area (Å²) < 4.78 is 5.82. The first kappa shape index (κ1) is 19.9. The number of carbonyl (C=O) groups is 2. The zero-order chi connectivity index (χ0) is 21.5. The number of benzene rings is 4. The van der Waals surface area contributed by atoms with E-state index in [9.17, 15) is 9.59 Å². The molecule has 2 amide bonds. The molecule has 31 heavy (non-hydrogen) atoms. The first-order chi connectivity index (χ1) is 15.2. The van der Waals surface area contributed by atoms with Crippen LogP contribution in [0, 0.1) is 0 Å². The van der Waals surface area contributed by atoms with Crippen molar-refractivity contribution in [2.24, 2.45) is 0 Å². The first-order valence-electron chi connectivity index (χ1n) is 9.78. The standard InChI is InChI=1S/C26H20N2O3/c29-25(27-21-7-3-1-4-8-21)19-11-15-23(16-12-19)31-24-17-13-20(14-18-24)26(30)28-22-9-5-2-6-10-22/h1-18H,(H,27,29)(H,28,30). The zero-order valence-corrected chi connectivity index (χ0v) is 16.6. The molecular weight excluding hydrogens is 388 g/mol. The fourth-order valence-electron chi connectivity index (χ4n) is 2.93. The maximum atomic E-state index is 12.3. The predicted octanol–water partition coefficient (Wildman–Crippen LogP) is 5.98. The minimum Gasteiger partial charge on any atom is -0.457 e. The van der Waals surface area contributed by atoms with Gasteiger partial charge in [0.05, 0.1) is 0 Å². The van der Waals surface area contributed by atoms with Crippen LogP contribution >= 0.6 is 0 Å². The Hall–Kier alpha value is -4.38. The molecule has 152 valence electrons. The van der Waals surface area contributed by atoms with Gasteiger partial charge in [-0.3, -0.25) is 9.59 Å². The lowest BCUT2D eigenvalue weighted by molar-refractivity contribution is 0.101. The second kappa shape index (κ2) is 9.41. The molecule has 0 aliphatic rings. The fourth-order valence-corrected chi connectivity index (χ4v) is 2.93. The number of anilines is 2. The van der Waals surface area contributed by atoms with Crippen molar-refractivity contribution in [1.82, 2.24) is 0 Å². The van der Waals surface area contributed by atoms with Gasteiger partial charge in [0, 0.05) is 22.5 Å². The van der Waals surface area contributed by atoms with Gasteiger partial charge in [0.15, 0.2) is 0 Å². The maximum absolute atomic E-state index is 12.3. The van der Waals surface area contributed by atoms with Gasteiger partial charge in [-0.1, -0.05) is 36.4 Å². The van der Waals surface area contributed by atoms with E-state index in [2.05, 4.69) is 10.6 Å². The third-order valence-corrected chi connectivity index (χ3v) is 4.53. The van der Waals surface area contributed by atoms with E-state index in [-0.39, 0.29) is 11.8 Å². The second-order valence-corrected chi connectivity index (χ2v) is 6.79. The average Bonchev–Trinajstić information content (AvgIpc) is 2.81. The van der Waals surface area contributed by atoms with Gasteiger partial charge in [-0.2, -0.15) is 0 Å². The van der Waals surface area contributed by atoms with Gasteiger partial charge in [0.25, 0.3) is 11.8 Å². The third-order valence-electron chi connectivity index (χ3n) is 4.53. The Balaban J connectivity index is 1.36. The summed E-state index contributed by atoms with van der Waals surface area (Å²) in [5, 5.41) is 5.69. The summed E-state index contributed by atoms with van der Waals surface area (Å²) in [7, 11) is 0. The summed E-state index contributed by atoms with van der Waals surface area (Å²) in [5.74, 6) is 0.813. The molecule has 0 fully saturated rings. The third kappa shape index (κ3) is 5.36. The van der Waals surface area contributed by atoms with Crippen LogP contribution in [0.5, 0.6) is 11.5 Å². The molecular formula is C26H20N2O3. The van der Waals surface area contributed by atoms with Crippen LogP contribution in [0.15, 0.2) is 109 Å². The molecule has 0 aliphatic carbocycles. The number of ether oxygens (including phenoxy) is 1. The number of hydrogen-bond donors (Lipinski definition) is 2. The lowest BCUT2D eigenvalue weighted by Crippen LogP contribution is -2.11. The normalized spacial score (nSPS) is 10.2. The first-order valence-corrected chi connectivity index (χ1v) is 9.78. The smallest absolute Gasteiger partial charge is 0.255 e. The van der Waals surface area contributed by atoms with Crippen LogP contribution in [0.3, 0.4) is 0 Å². The van der Waals surface area contributed by atoms with Crippen LogP contribution in [0.25, 0.3) is 0 Å². The molecule has 0 spiro atoms. The summed E-state index contributed by atoms with van der Waals surface area (Å²) in [5.41, 5.74) is 2.54. The zero-order valence-electron chi connectivity index (χ0n) is 16.6. The van der Waals surface area contributed by atoms with Crippen molar-refractivity contribution in [3.8, 4) is 11.5 Å². The quantitative estimate of drug-likeness (QED) is 0.412. The van der Waals surface area contributed by atoms with Crippen molar-refractivity contribution >= 4 is 23.2 Å². The average molecular weight is 408 g/mol. The maximum Gasteiger partial charge on any atom is 0.255 e. The van der Waals surface area contributed by atoms with E-state index in [1.54, 1.807) is 48.5 Å². The van der Waals surface area contributed by atoms with Gasteiger partial charge in [0.1, 0.15) is 11.5 Å². The Morgan fingerprint density at radius 1 is 0.484 bits per heavy atom. The summed E-state index contributed by atoms with van der Waals surface area (Å²) >= 11 is 0. The second-order valence-electron chi connectivity index (χ2n) is 6.79. The highest BCUT2D eigenvalue weighted by atomic mass is 16.5. The molecule has 5 heteroatoms. The molecule has 0 atom stereocenters. The van der Waals surface area contributed by atoms with Crippen molar-refractivity contribution in [2.45, 2.75) is 0 Å². The van der Waals surface area contributed by atoms with E-state index >= 15 is 0 Å². The van der Waals surface area contributed by atoms with E-state index in [0.717, 1.165) is 11.4 Å². The van der Waals surface area contributed by atoms with Crippen molar-refractivity contribution in [2.75, 3.05) is 10.6 Å². The van der Waals surface area contributed by atoms with E-state index in [4.69, 9.17) is 4.74 Å². The van der Waals surface area contributed by atoms with Crippen molar-refractivity contribution in [1.29, 1.82) is 0 Å². The highest BCUT2D eigenvalue weighted by molar-refractivity contribution is 6.04. The highest BCUT2D eigenvalue weighted by Gasteiger charge is 2.08. The molecule has 4 rings (SSSR count). The van der Waals surface area contributed by atoms with E-state index in [1.807, 2.05) is 60.7 Å².